The van der Waals surface area contributed by atoms with E-state index in [4.69, 9.17) is 11.6 Å². The highest BCUT2D eigenvalue weighted by Gasteiger charge is 2.04. The van der Waals surface area contributed by atoms with Crippen molar-refractivity contribution in [3.63, 3.8) is 0 Å². The van der Waals surface area contributed by atoms with E-state index in [9.17, 15) is 4.79 Å². The van der Waals surface area contributed by atoms with Crippen molar-refractivity contribution in [2.45, 2.75) is 0 Å². The fourth-order valence-electron chi connectivity index (χ4n) is 2.26. The molecule has 0 bridgehead atoms. The fourth-order valence-corrected chi connectivity index (χ4v) is 2.46. The minimum atomic E-state index is -0.257. The van der Waals surface area contributed by atoms with Gasteiger partial charge in [-0.25, -0.2) is 5.43 Å². The molecule has 0 fully saturated rings. The van der Waals surface area contributed by atoms with Gasteiger partial charge in [0.15, 0.2) is 0 Å². The Morgan fingerprint density at radius 3 is 2.29 bits per heavy atom. The maximum atomic E-state index is 12.1. The zero-order valence-corrected chi connectivity index (χ0v) is 13.6. The van der Waals surface area contributed by atoms with Crippen molar-refractivity contribution in [2.24, 2.45) is 5.10 Å². The molecule has 1 N–H and O–H groups in total. The van der Waals surface area contributed by atoms with Crippen LogP contribution < -0.4 is 5.43 Å². The van der Waals surface area contributed by atoms with Gasteiger partial charge in [0.25, 0.3) is 5.91 Å². The highest BCUT2D eigenvalue weighted by atomic mass is 35.5. The van der Waals surface area contributed by atoms with E-state index < -0.39 is 0 Å². The summed E-state index contributed by atoms with van der Waals surface area (Å²) in [6.07, 6.45) is 1.56. The van der Waals surface area contributed by atoms with Gasteiger partial charge in [-0.05, 0) is 41.0 Å². The van der Waals surface area contributed by atoms with Gasteiger partial charge in [-0.1, -0.05) is 66.2 Å². The van der Waals surface area contributed by atoms with Gasteiger partial charge in [-0.3, -0.25) is 4.79 Å². The van der Waals surface area contributed by atoms with E-state index in [1.165, 1.54) is 0 Å². The van der Waals surface area contributed by atoms with Gasteiger partial charge in [0.2, 0.25) is 0 Å². The van der Waals surface area contributed by atoms with Gasteiger partial charge in [0.05, 0.1) is 6.21 Å². The molecule has 0 radical (unpaired) electrons. The van der Waals surface area contributed by atoms with Crippen LogP contribution in [0.25, 0.3) is 11.1 Å². The molecule has 0 aliphatic carbocycles. The highest BCUT2D eigenvalue weighted by molar-refractivity contribution is 6.30. The van der Waals surface area contributed by atoms with Crippen LogP contribution in [0.2, 0.25) is 5.02 Å². The zero-order valence-electron chi connectivity index (χ0n) is 12.8. The van der Waals surface area contributed by atoms with Crippen LogP contribution in [0.15, 0.2) is 84.0 Å². The number of hydrogen-bond acceptors (Lipinski definition) is 2. The zero-order chi connectivity index (χ0) is 16.8. The van der Waals surface area contributed by atoms with Crippen LogP contribution in [0.5, 0.6) is 0 Å². The number of hydrazone groups is 1. The third-order valence-corrected chi connectivity index (χ3v) is 3.72. The first kappa shape index (κ1) is 16.0. The first-order valence-corrected chi connectivity index (χ1v) is 7.84. The number of carbonyl (C=O) groups is 1. The lowest BCUT2D eigenvalue weighted by molar-refractivity contribution is 0.0955. The normalized spacial score (nSPS) is 10.7. The molecule has 0 aromatic heterocycles. The molecule has 0 saturated heterocycles. The standard InChI is InChI=1S/C20H15ClN2O/c21-19-8-4-5-15(13-19)14-22-23-20(24)18-11-9-17(10-12-18)16-6-2-1-3-7-16/h1-14H,(H,23,24)/b22-14-. The Morgan fingerprint density at radius 1 is 0.875 bits per heavy atom. The first-order chi connectivity index (χ1) is 11.7. The molecule has 3 aromatic carbocycles. The lowest BCUT2D eigenvalue weighted by Gasteiger charge is -2.03. The third kappa shape index (κ3) is 4.09. The molecule has 118 valence electrons. The lowest BCUT2D eigenvalue weighted by Crippen LogP contribution is -2.17. The molecule has 0 saturated carbocycles. The molecule has 0 aliphatic rings. The molecule has 1 amide bonds. The second kappa shape index (κ2) is 7.57. The lowest BCUT2D eigenvalue weighted by atomic mass is 10.0. The molecule has 0 aliphatic heterocycles. The van der Waals surface area contributed by atoms with Crippen molar-refractivity contribution < 1.29 is 4.79 Å². The molecule has 0 spiro atoms. The van der Waals surface area contributed by atoms with E-state index in [-0.39, 0.29) is 5.91 Å². The number of nitrogens with zero attached hydrogens (tertiary/aromatic N) is 1. The number of benzene rings is 3. The molecule has 3 nitrogen and oxygen atoms in total. The summed E-state index contributed by atoms with van der Waals surface area (Å²) in [4.78, 5) is 12.1. The van der Waals surface area contributed by atoms with E-state index in [1.807, 2.05) is 54.6 Å². The predicted octanol–water partition coefficient (Wildman–Crippen LogP) is 4.77. The van der Waals surface area contributed by atoms with Crippen molar-refractivity contribution >= 4 is 23.7 Å². The summed E-state index contributed by atoms with van der Waals surface area (Å²) in [5.41, 5.74) is 6.07. The number of rotatable bonds is 4. The van der Waals surface area contributed by atoms with Gasteiger partial charge in [0.1, 0.15) is 0 Å². The van der Waals surface area contributed by atoms with Crippen LogP contribution in [0.4, 0.5) is 0 Å². The van der Waals surface area contributed by atoms with E-state index in [0.29, 0.717) is 10.6 Å². The van der Waals surface area contributed by atoms with Crippen molar-refractivity contribution in [3.05, 3.63) is 95.0 Å². The average molecular weight is 335 g/mol. The van der Waals surface area contributed by atoms with Crippen molar-refractivity contribution in [3.8, 4) is 11.1 Å². The quantitative estimate of drug-likeness (QED) is 0.542. The van der Waals surface area contributed by atoms with E-state index in [1.54, 1.807) is 30.5 Å². The Hall–Kier alpha value is -2.91. The number of hydrogen-bond donors (Lipinski definition) is 1. The van der Waals surface area contributed by atoms with Gasteiger partial charge in [0, 0.05) is 10.6 Å². The maximum absolute atomic E-state index is 12.1. The minimum absolute atomic E-state index is 0.257. The van der Waals surface area contributed by atoms with E-state index in [2.05, 4.69) is 10.5 Å². The SMILES string of the molecule is O=C(N/N=C\c1cccc(Cl)c1)c1ccc(-c2ccccc2)cc1. The second-order valence-corrected chi connectivity index (χ2v) is 5.63. The molecular weight excluding hydrogens is 320 g/mol. The van der Waals surface area contributed by atoms with E-state index >= 15 is 0 Å². The Balaban J connectivity index is 1.65. The largest absolute Gasteiger partial charge is 0.271 e. The van der Waals surface area contributed by atoms with Gasteiger partial charge >= 0.3 is 0 Å². The van der Waals surface area contributed by atoms with Crippen LogP contribution in [0.1, 0.15) is 15.9 Å². The number of carbonyl (C=O) groups excluding carboxylic acids is 1. The highest BCUT2D eigenvalue weighted by Crippen LogP contribution is 2.19. The summed E-state index contributed by atoms with van der Waals surface area (Å²) in [5.74, 6) is -0.257. The molecular formula is C20H15ClN2O. The van der Waals surface area contributed by atoms with E-state index in [0.717, 1.165) is 16.7 Å². The molecule has 0 unspecified atom stereocenters. The Labute approximate surface area is 145 Å². The van der Waals surface area contributed by atoms with Crippen molar-refractivity contribution in [1.29, 1.82) is 0 Å². The smallest absolute Gasteiger partial charge is 0.267 e. The molecule has 4 heteroatoms. The minimum Gasteiger partial charge on any atom is -0.267 e. The van der Waals surface area contributed by atoms with Gasteiger partial charge in [-0.2, -0.15) is 5.10 Å². The van der Waals surface area contributed by atoms with Crippen LogP contribution in [0.3, 0.4) is 0 Å². The van der Waals surface area contributed by atoms with Gasteiger partial charge < -0.3 is 0 Å². The first-order valence-electron chi connectivity index (χ1n) is 7.47. The summed E-state index contributed by atoms with van der Waals surface area (Å²) in [5, 5.41) is 4.58. The Morgan fingerprint density at radius 2 is 1.58 bits per heavy atom. The van der Waals surface area contributed by atoms with Crippen LogP contribution >= 0.6 is 11.6 Å². The van der Waals surface area contributed by atoms with Crippen molar-refractivity contribution in [1.82, 2.24) is 5.43 Å². The molecule has 0 atom stereocenters. The Kier molecular flexibility index (Phi) is 5.04. The maximum Gasteiger partial charge on any atom is 0.271 e. The number of amides is 1. The summed E-state index contributed by atoms with van der Waals surface area (Å²) in [7, 11) is 0. The predicted molar refractivity (Wildman–Crippen MR) is 98.4 cm³/mol. The Bertz CT molecular complexity index is 858. The molecule has 0 heterocycles. The average Bonchev–Trinajstić information content (AvgIpc) is 2.63. The van der Waals surface area contributed by atoms with Crippen LogP contribution in [-0.4, -0.2) is 12.1 Å². The third-order valence-electron chi connectivity index (χ3n) is 3.48. The summed E-state index contributed by atoms with van der Waals surface area (Å²) in [6.45, 7) is 0. The summed E-state index contributed by atoms with van der Waals surface area (Å²) < 4.78 is 0. The monoisotopic (exact) mass is 334 g/mol. The van der Waals surface area contributed by atoms with Crippen LogP contribution in [0, 0.1) is 0 Å². The number of halogens is 1. The summed E-state index contributed by atoms with van der Waals surface area (Å²) >= 11 is 5.90. The topological polar surface area (TPSA) is 41.5 Å². The molecule has 3 rings (SSSR count). The second-order valence-electron chi connectivity index (χ2n) is 5.20. The fraction of sp³-hybridized carbons (Fsp3) is 0. The summed E-state index contributed by atoms with van der Waals surface area (Å²) in [6, 6.07) is 24.7. The number of nitrogens with one attached hydrogen (secondary N) is 1. The van der Waals surface area contributed by atoms with Gasteiger partial charge in [-0.15, -0.1) is 0 Å². The molecule has 24 heavy (non-hydrogen) atoms. The van der Waals surface area contributed by atoms with Crippen molar-refractivity contribution in [2.75, 3.05) is 0 Å². The molecule has 3 aromatic rings. The van der Waals surface area contributed by atoms with Crippen LogP contribution in [-0.2, 0) is 0 Å².